The van der Waals surface area contributed by atoms with Gasteiger partial charge in [0.2, 0.25) is 5.89 Å². The van der Waals surface area contributed by atoms with Crippen LogP contribution in [0.4, 0.5) is 18.9 Å². The molecular formula is C14H8ClF3N2O. The Hall–Kier alpha value is -2.21. The number of nitrogen functional groups attached to an aromatic ring is 1. The van der Waals surface area contributed by atoms with E-state index in [0.717, 1.165) is 12.1 Å². The second-order valence-corrected chi connectivity index (χ2v) is 4.82. The minimum Gasteiger partial charge on any atom is -0.434 e. The zero-order valence-corrected chi connectivity index (χ0v) is 11.2. The highest BCUT2D eigenvalue weighted by atomic mass is 35.5. The third-order valence-corrected chi connectivity index (χ3v) is 3.28. The van der Waals surface area contributed by atoms with E-state index in [1.54, 1.807) is 12.1 Å². The minimum absolute atomic E-state index is 0.165. The van der Waals surface area contributed by atoms with Gasteiger partial charge in [0.05, 0.1) is 16.3 Å². The molecule has 0 aliphatic heterocycles. The van der Waals surface area contributed by atoms with Crippen LogP contribution < -0.4 is 5.73 Å². The maximum atomic E-state index is 12.5. The van der Waals surface area contributed by atoms with Gasteiger partial charge in [0.25, 0.3) is 0 Å². The Morgan fingerprint density at radius 3 is 2.29 bits per heavy atom. The van der Waals surface area contributed by atoms with Gasteiger partial charge in [-0.25, -0.2) is 4.98 Å². The standard InChI is InChI=1S/C14H8ClF3N2O/c15-9-5-6-10(19)11-12(9)21-13(20-11)7-1-3-8(4-2-7)14(16,17)18/h1-6H,19H2. The summed E-state index contributed by atoms with van der Waals surface area (Å²) in [6.07, 6.45) is -4.38. The number of nitrogens with zero attached hydrogens (tertiary/aromatic N) is 1. The van der Waals surface area contributed by atoms with E-state index in [0.29, 0.717) is 27.4 Å². The maximum Gasteiger partial charge on any atom is 0.416 e. The van der Waals surface area contributed by atoms with Crippen LogP contribution in [0.2, 0.25) is 5.02 Å². The lowest BCUT2D eigenvalue weighted by molar-refractivity contribution is -0.137. The van der Waals surface area contributed by atoms with Crippen LogP contribution in [-0.4, -0.2) is 4.98 Å². The number of halogens is 4. The number of aromatic nitrogens is 1. The highest BCUT2D eigenvalue weighted by molar-refractivity contribution is 6.35. The molecule has 1 aromatic heterocycles. The summed E-state index contributed by atoms with van der Waals surface area (Å²) in [5.41, 5.74) is 6.53. The lowest BCUT2D eigenvalue weighted by Crippen LogP contribution is -2.03. The van der Waals surface area contributed by atoms with Crippen molar-refractivity contribution in [3.63, 3.8) is 0 Å². The summed E-state index contributed by atoms with van der Waals surface area (Å²) in [5, 5.41) is 0.338. The predicted octanol–water partition coefficient (Wildman–Crippen LogP) is 4.75. The molecule has 0 amide bonds. The van der Waals surface area contributed by atoms with Crippen LogP contribution in [-0.2, 0) is 6.18 Å². The molecule has 0 unspecified atom stereocenters. The molecule has 0 fully saturated rings. The average Bonchev–Trinajstić information content (AvgIpc) is 2.89. The molecule has 0 aliphatic rings. The molecule has 21 heavy (non-hydrogen) atoms. The van der Waals surface area contributed by atoms with Crippen molar-refractivity contribution in [1.82, 2.24) is 4.98 Å². The van der Waals surface area contributed by atoms with Crippen molar-refractivity contribution in [1.29, 1.82) is 0 Å². The second kappa shape index (κ2) is 4.66. The van der Waals surface area contributed by atoms with Gasteiger partial charge in [-0.3, -0.25) is 0 Å². The van der Waals surface area contributed by atoms with E-state index < -0.39 is 11.7 Å². The third kappa shape index (κ3) is 2.42. The predicted molar refractivity (Wildman–Crippen MR) is 73.9 cm³/mol. The first-order valence-corrected chi connectivity index (χ1v) is 6.26. The molecule has 2 aromatic carbocycles. The van der Waals surface area contributed by atoms with Crippen molar-refractivity contribution >= 4 is 28.4 Å². The molecule has 108 valence electrons. The van der Waals surface area contributed by atoms with Crippen molar-refractivity contribution in [2.45, 2.75) is 6.18 Å². The molecule has 0 aliphatic carbocycles. The topological polar surface area (TPSA) is 52.0 Å². The van der Waals surface area contributed by atoms with Gasteiger partial charge in [0, 0.05) is 5.56 Å². The molecule has 0 saturated heterocycles. The smallest absolute Gasteiger partial charge is 0.416 e. The van der Waals surface area contributed by atoms with E-state index in [1.807, 2.05) is 0 Å². The van der Waals surface area contributed by atoms with Gasteiger partial charge in [-0.1, -0.05) is 11.6 Å². The van der Waals surface area contributed by atoms with Crippen LogP contribution in [0.1, 0.15) is 5.56 Å². The van der Waals surface area contributed by atoms with Crippen LogP contribution in [0, 0.1) is 0 Å². The Kier molecular flexibility index (Phi) is 3.06. The Morgan fingerprint density at radius 1 is 1.05 bits per heavy atom. The fourth-order valence-electron chi connectivity index (χ4n) is 1.92. The normalized spacial score (nSPS) is 12.0. The number of nitrogens with two attached hydrogens (primary N) is 1. The minimum atomic E-state index is -4.38. The first-order valence-electron chi connectivity index (χ1n) is 5.88. The summed E-state index contributed by atoms with van der Waals surface area (Å²) >= 11 is 5.98. The van der Waals surface area contributed by atoms with Crippen molar-refractivity contribution in [3.05, 3.63) is 47.0 Å². The van der Waals surface area contributed by atoms with Crippen LogP contribution >= 0.6 is 11.6 Å². The number of hydrogen-bond donors (Lipinski definition) is 1. The molecule has 0 spiro atoms. The number of alkyl halides is 3. The zero-order valence-electron chi connectivity index (χ0n) is 10.4. The fourth-order valence-corrected chi connectivity index (χ4v) is 2.11. The fraction of sp³-hybridized carbons (Fsp3) is 0.0714. The molecule has 7 heteroatoms. The number of anilines is 1. The number of rotatable bonds is 1. The molecule has 0 saturated carbocycles. The lowest BCUT2D eigenvalue weighted by Gasteiger charge is -2.05. The van der Waals surface area contributed by atoms with Gasteiger partial charge in [-0.05, 0) is 36.4 Å². The van der Waals surface area contributed by atoms with Gasteiger partial charge in [0.15, 0.2) is 5.58 Å². The molecule has 0 radical (unpaired) electrons. The average molecular weight is 313 g/mol. The van der Waals surface area contributed by atoms with E-state index in [1.165, 1.54) is 12.1 Å². The number of benzene rings is 2. The molecule has 0 atom stereocenters. The Morgan fingerprint density at radius 2 is 1.71 bits per heavy atom. The van der Waals surface area contributed by atoms with E-state index in [9.17, 15) is 13.2 Å². The van der Waals surface area contributed by atoms with Crippen molar-refractivity contribution in [2.24, 2.45) is 0 Å². The second-order valence-electron chi connectivity index (χ2n) is 4.41. The number of fused-ring (bicyclic) bond motifs is 1. The van der Waals surface area contributed by atoms with E-state index in [2.05, 4.69) is 4.98 Å². The zero-order chi connectivity index (χ0) is 15.2. The SMILES string of the molecule is Nc1ccc(Cl)c2oc(-c3ccc(C(F)(F)F)cc3)nc12. The molecule has 3 aromatic rings. The van der Waals surface area contributed by atoms with E-state index in [-0.39, 0.29) is 5.89 Å². The van der Waals surface area contributed by atoms with Crippen LogP contribution in [0.25, 0.3) is 22.6 Å². The highest BCUT2D eigenvalue weighted by Gasteiger charge is 2.30. The summed E-state index contributed by atoms with van der Waals surface area (Å²) in [4.78, 5) is 4.18. The first-order chi connectivity index (χ1) is 9.86. The first kappa shape index (κ1) is 13.8. The molecular weight excluding hydrogens is 305 g/mol. The summed E-state index contributed by atoms with van der Waals surface area (Å²) in [7, 11) is 0. The van der Waals surface area contributed by atoms with Gasteiger partial charge >= 0.3 is 6.18 Å². The quantitative estimate of drug-likeness (QED) is 0.660. The molecule has 3 rings (SSSR count). The lowest BCUT2D eigenvalue weighted by atomic mass is 10.1. The summed E-state index contributed by atoms with van der Waals surface area (Å²) in [5.74, 6) is 0.165. The monoisotopic (exact) mass is 312 g/mol. The van der Waals surface area contributed by atoms with Crippen molar-refractivity contribution < 1.29 is 17.6 Å². The van der Waals surface area contributed by atoms with E-state index >= 15 is 0 Å². The molecule has 0 bridgehead atoms. The van der Waals surface area contributed by atoms with Gasteiger partial charge in [0.1, 0.15) is 5.52 Å². The van der Waals surface area contributed by atoms with Gasteiger partial charge < -0.3 is 10.2 Å². The largest absolute Gasteiger partial charge is 0.434 e. The van der Waals surface area contributed by atoms with Gasteiger partial charge in [-0.15, -0.1) is 0 Å². The summed E-state index contributed by atoms with van der Waals surface area (Å²) in [6.45, 7) is 0. The summed E-state index contributed by atoms with van der Waals surface area (Å²) < 4.78 is 43.1. The van der Waals surface area contributed by atoms with Crippen LogP contribution in [0.3, 0.4) is 0 Å². The van der Waals surface area contributed by atoms with E-state index in [4.69, 9.17) is 21.8 Å². The van der Waals surface area contributed by atoms with Crippen LogP contribution in [0.15, 0.2) is 40.8 Å². The summed E-state index contributed by atoms with van der Waals surface area (Å²) in [6, 6.07) is 7.67. The van der Waals surface area contributed by atoms with Crippen LogP contribution in [0.5, 0.6) is 0 Å². The van der Waals surface area contributed by atoms with Crippen molar-refractivity contribution in [3.8, 4) is 11.5 Å². The van der Waals surface area contributed by atoms with Gasteiger partial charge in [-0.2, -0.15) is 13.2 Å². The maximum absolute atomic E-state index is 12.5. The highest BCUT2D eigenvalue weighted by Crippen LogP contribution is 2.34. The van der Waals surface area contributed by atoms with Crippen molar-refractivity contribution in [2.75, 3.05) is 5.73 Å². The Bertz CT molecular complexity index is 770. The molecule has 3 nitrogen and oxygen atoms in total. The number of oxazole rings is 1. The Balaban J connectivity index is 2.09. The third-order valence-electron chi connectivity index (χ3n) is 2.99. The molecule has 1 heterocycles. The number of hydrogen-bond acceptors (Lipinski definition) is 3. The molecule has 2 N–H and O–H groups in total. The Labute approximate surface area is 122 Å².